The molecular weight excluding hydrogens is 376 g/mol. The fourth-order valence-electron chi connectivity index (χ4n) is 3.59. The molecule has 2 aromatic carbocycles. The van der Waals surface area contributed by atoms with Crippen LogP contribution in [0.1, 0.15) is 30.9 Å². The van der Waals surface area contributed by atoms with Gasteiger partial charge in [0.15, 0.2) is 0 Å². The van der Waals surface area contributed by atoms with E-state index in [0.717, 1.165) is 24.2 Å². The van der Waals surface area contributed by atoms with Gasteiger partial charge in [-0.1, -0.05) is 48.5 Å². The van der Waals surface area contributed by atoms with Gasteiger partial charge in [-0.15, -0.1) is 0 Å². The van der Waals surface area contributed by atoms with E-state index in [1.54, 1.807) is 17.1 Å². The molecule has 30 heavy (non-hydrogen) atoms. The Labute approximate surface area is 178 Å². The fourth-order valence-corrected chi connectivity index (χ4v) is 3.59. The second kappa shape index (κ2) is 11.2. The summed E-state index contributed by atoms with van der Waals surface area (Å²) in [4.78, 5) is 28.7. The molecule has 0 atom stereocenters. The minimum Gasteiger partial charge on any atom is -0.493 e. The van der Waals surface area contributed by atoms with E-state index in [1.807, 2.05) is 54.3 Å². The van der Waals surface area contributed by atoms with Crippen LogP contribution in [0.4, 0.5) is 0 Å². The number of para-hydroxylation sites is 1. The molecule has 0 spiro atoms. The van der Waals surface area contributed by atoms with Crippen molar-refractivity contribution >= 4 is 17.9 Å². The Morgan fingerprint density at radius 2 is 1.60 bits per heavy atom. The first-order chi connectivity index (χ1) is 14.7. The third-order valence-electron chi connectivity index (χ3n) is 5.27. The van der Waals surface area contributed by atoms with E-state index >= 15 is 0 Å². The minimum absolute atomic E-state index is 0.0301. The van der Waals surface area contributed by atoms with Crippen LogP contribution in [-0.4, -0.2) is 54.4 Å². The van der Waals surface area contributed by atoms with E-state index in [4.69, 9.17) is 4.74 Å². The first-order valence-corrected chi connectivity index (χ1v) is 10.7. The topological polar surface area (TPSA) is 49.9 Å². The highest BCUT2D eigenvalue weighted by atomic mass is 16.5. The first kappa shape index (κ1) is 21.6. The Bertz CT molecular complexity index is 856. The lowest BCUT2D eigenvalue weighted by atomic mass is 10.1. The van der Waals surface area contributed by atoms with Crippen molar-refractivity contribution in [2.75, 3.05) is 32.8 Å². The van der Waals surface area contributed by atoms with Gasteiger partial charge in [0, 0.05) is 44.2 Å². The van der Waals surface area contributed by atoms with Crippen molar-refractivity contribution in [3.63, 3.8) is 0 Å². The van der Waals surface area contributed by atoms with Crippen LogP contribution >= 0.6 is 0 Å². The Morgan fingerprint density at radius 1 is 0.933 bits per heavy atom. The molecule has 0 saturated carbocycles. The highest BCUT2D eigenvalue weighted by Gasteiger charge is 2.22. The van der Waals surface area contributed by atoms with E-state index in [-0.39, 0.29) is 11.8 Å². The number of aryl methyl sites for hydroxylation is 1. The first-order valence-electron chi connectivity index (χ1n) is 10.7. The summed E-state index contributed by atoms with van der Waals surface area (Å²) in [6.45, 7) is 4.86. The zero-order valence-corrected chi connectivity index (χ0v) is 17.6. The lowest BCUT2D eigenvalue weighted by molar-refractivity contribution is -0.137. The average molecular weight is 407 g/mol. The molecule has 5 nitrogen and oxygen atoms in total. The molecule has 0 N–H and O–H groups in total. The number of hydrogen-bond donors (Lipinski definition) is 0. The summed E-state index contributed by atoms with van der Waals surface area (Å²) in [6, 6.07) is 17.9. The Balaban J connectivity index is 1.43. The average Bonchev–Trinajstić information content (AvgIpc) is 2.79. The molecule has 2 aromatic rings. The van der Waals surface area contributed by atoms with Crippen LogP contribution in [0.5, 0.6) is 5.75 Å². The number of amides is 2. The molecule has 1 aliphatic rings. The summed E-state index contributed by atoms with van der Waals surface area (Å²) in [5, 5.41) is 0. The van der Waals surface area contributed by atoms with E-state index in [2.05, 4.69) is 12.1 Å². The summed E-state index contributed by atoms with van der Waals surface area (Å²) in [7, 11) is 0. The molecule has 1 saturated heterocycles. The number of rotatable bonds is 8. The van der Waals surface area contributed by atoms with Crippen LogP contribution in [0.2, 0.25) is 0 Å². The minimum atomic E-state index is -0.0301. The van der Waals surface area contributed by atoms with Gasteiger partial charge in [-0.2, -0.15) is 0 Å². The molecule has 2 amide bonds. The summed E-state index contributed by atoms with van der Waals surface area (Å²) in [6.07, 6.45) is 5.71. The number of benzene rings is 2. The van der Waals surface area contributed by atoms with Gasteiger partial charge in [-0.25, -0.2) is 0 Å². The van der Waals surface area contributed by atoms with Crippen molar-refractivity contribution in [1.82, 2.24) is 9.80 Å². The molecule has 0 unspecified atom stereocenters. The Hall–Kier alpha value is -3.08. The monoisotopic (exact) mass is 406 g/mol. The lowest BCUT2D eigenvalue weighted by Gasteiger charge is -2.34. The third kappa shape index (κ3) is 6.21. The number of nitrogens with zero attached hydrogens (tertiary/aromatic N) is 2. The van der Waals surface area contributed by atoms with E-state index in [0.29, 0.717) is 39.2 Å². The van der Waals surface area contributed by atoms with Crippen molar-refractivity contribution in [3.8, 4) is 5.75 Å². The van der Waals surface area contributed by atoms with E-state index in [9.17, 15) is 9.59 Å². The normalized spacial score (nSPS) is 14.2. The van der Waals surface area contributed by atoms with Gasteiger partial charge in [0.25, 0.3) is 0 Å². The van der Waals surface area contributed by atoms with Crippen molar-refractivity contribution in [1.29, 1.82) is 0 Å². The fraction of sp³-hybridized carbons (Fsp3) is 0.360. The summed E-state index contributed by atoms with van der Waals surface area (Å²) < 4.78 is 5.60. The van der Waals surface area contributed by atoms with Crippen LogP contribution in [0.3, 0.4) is 0 Å². The van der Waals surface area contributed by atoms with E-state index < -0.39 is 0 Å². The van der Waals surface area contributed by atoms with Crippen molar-refractivity contribution in [2.24, 2.45) is 0 Å². The molecule has 1 fully saturated rings. The Kier molecular flexibility index (Phi) is 8.07. The van der Waals surface area contributed by atoms with Crippen LogP contribution in [-0.2, 0) is 16.0 Å². The SMILES string of the molecule is CCOc1ccccc1/C=C/C(=O)N1CCN(C(=O)CCCc2ccccc2)CC1. The molecule has 5 heteroatoms. The zero-order valence-electron chi connectivity index (χ0n) is 17.6. The van der Waals surface area contributed by atoms with Gasteiger partial charge >= 0.3 is 0 Å². The molecule has 0 aliphatic carbocycles. The zero-order chi connectivity index (χ0) is 21.2. The van der Waals surface area contributed by atoms with Gasteiger partial charge in [0.1, 0.15) is 5.75 Å². The van der Waals surface area contributed by atoms with Crippen LogP contribution < -0.4 is 4.74 Å². The van der Waals surface area contributed by atoms with Gasteiger partial charge in [0.2, 0.25) is 11.8 Å². The van der Waals surface area contributed by atoms with Crippen LogP contribution in [0.25, 0.3) is 6.08 Å². The molecule has 1 heterocycles. The number of hydrogen-bond acceptors (Lipinski definition) is 3. The van der Waals surface area contributed by atoms with Crippen LogP contribution in [0.15, 0.2) is 60.7 Å². The highest BCUT2D eigenvalue weighted by Crippen LogP contribution is 2.19. The highest BCUT2D eigenvalue weighted by molar-refractivity contribution is 5.92. The summed E-state index contributed by atoms with van der Waals surface area (Å²) in [5.74, 6) is 0.923. The van der Waals surface area contributed by atoms with E-state index in [1.165, 1.54) is 5.56 Å². The molecule has 1 aliphatic heterocycles. The standard InChI is InChI=1S/C25H30N2O3/c1-2-30-23-13-7-6-12-22(23)15-16-25(29)27-19-17-26(18-20-27)24(28)14-8-11-21-9-4-3-5-10-21/h3-7,9-10,12-13,15-16H,2,8,11,14,17-20H2,1H3/b16-15+. The predicted octanol–water partition coefficient (Wildman–Crippen LogP) is 3.79. The molecule has 3 rings (SSSR count). The second-order valence-corrected chi connectivity index (χ2v) is 7.35. The second-order valence-electron chi connectivity index (χ2n) is 7.35. The van der Waals surface area contributed by atoms with Gasteiger partial charge in [0.05, 0.1) is 6.61 Å². The van der Waals surface area contributed by atoms with Crippen molar-refractivity contribution < 1.29 is 14.3 Å². The molecular formula is C25H30N2O3. The molecule has 0 bridgehead atoms. The lowest BCUT2D eigenvalue weighted by Crippen LogP contribution is -2.50. The summed E-state index contributed by atoms with van der Waals surface area (Å²) >= 11 is 0. The number of piperazine rings is 1. The number of carbonyl (C=O) groups is 2. The smallest absolute Gasteiger partial charge is 0.246 e. The summed E-state index contributed by atoms with van der Waals surface area (Å²) in [5.41, 5.74) is 2.15. The maximum absolute atomic E-state index is 12.5. The number of ether oxygens (including phenoxy) is 1. The predicted molar refractivity (Wildman–Crippen MR) is 119 cm³/mol. The van der Waals surface area contributed by atoms with Gasteiger partial charge in [-0.05, 0) is 37.5 Å². The quantitative estimate of drug-likeness (QED) is 0.627. The Morgan fingerprint density at radius 3 is 2.33 bits per heavy atom. The largest absolute Gasteiger partial charge is 0.493 e. The molecule has 158 valence electrons. The van der Waals surface area contributed by atoms with Gasteiger partial charge in [-0.3, -0.25) is 9.59 Å². The van der Waals surface area contributed by atoms with Crippen LogP contribution in [0, 0.1) is 0 Å². The molecule has 0 radical (unpaired) electrons. The third-order valence-corrected chi connectivity index (χ3v) is 5.27. The maximum Gasteiger partial charge on any atom is 0.246 e. The van der Waals surface area contributed by atoms with Gasteiger partial charge < -0.3 is 14.5 Å². The van der Waals surface area contributed by atoms with Crippen molar-refractivity contribution in [2.45, 2.75) is 26.2 Å². The number of carbonyl (C=O) groups excluding carboxylic acids is 2. The van der Waals surface area contributed by atoms with Crippen molar-refractivity contribution in [3.05, 3.63) is 71.8 Å². The molecule has 0 aromatic heterocycles. The maximum atomic E-state index is 12.5.